The van der Waals surface area contributed by atoms with Crippen LogP contribution < -0.4 is 5.73 Å². The lowest BCUT2D eigenvalue weighted by atomic mass is 10.2. The molecule has 0 aliphatic rings. The summed E-state index contributed by atoms with van der Waals surface area (Å²) in [5.74, 6) is -0.453. The zero-order valence-electron chi connectivity index (χ0n) is 12.3. The van der Waals surface area contributed by atoms with Crippen molar-refractivity contribution in [3.63, 3.8) is 0 Å². The number of amidine groups is 1. The van der Waals surface area contributed by atoms with Crippen molar-refractivity contribution in [1.82, 2.24) is 0 Å². The number of hydrogen-bond donors (Lipinski definition) is 1. The van der Waals surface area contributed by atoms with Crippen LogP contribution in [0.3, 0.4) is 0 Å². The summed E-state index contributed by atoms with van der Waals surface area (Å²) < 4.78 is 28.5. The van der Waals surface area contributed by atoms with Crippen LogP contribution in [0, 0.1) is 20.2 Å². The zero-order valence-corrected chi connectivity index (χ0v) is 13.1. The predicted octanol–water partition coefficient (Wildman–Crippen LogP) is 1.53. The molecule has 0 heterocycles. The lowest BCUT2D eigenvalue weighted by molar-refractivity contribution is -0.387. The molecule has 0 spiro atoms. The van der Waals surface area contributed by atoms with Crippen molar-refractivity contribution in [2.75, 3.05) is 0 Å². The highest BCUT2D eigenvalue weighted by Gasteiger charge is 2.27. The van der Waals surface area contributed by atoms with E-state index in [1.165, 1.54) is 30.3 Å². The van der Waals surface area contributed by atoms with Gasteiger partial charge in [0.05, 0.1) is 9.85 Å². The fraction of sp³-hybridized carbons (Fsp3) is 0. The van der Waals surface area contributed by atoms with Crippen molar-refractivity contribution >= 4 is 27.3 Å². The molecule has 2 aromatic rings. The van der Waals surface area contributed by atoms with Gasteiger partial charge in [-0.25, -0.2) is 0 Å². The van der Waals surface area contributed by atoms with Crippen LogP contribution in [0.1, 0.15) is 5.56 Å². The Bertz CT molecular complexity index is 972. The SMILES string of the molecule is N/C(=N\OS(=O)(=O)c1ccccc1[N+](=O)[O-])c1cccc([N+](=O)[O-])c1. The van der Waals surface area contributed by atoms with Gasteiger partial charge in [0.25, 0.3) is 11.4 Å². The Morgan fingerprint density at radius 1 is 1.04 bits per heavy atom. The number of oxime groups is 1. The van der Waals surface area contributed by atoms with Crippen LogP contribution in [0.2, 0.25) is 0 Å². The molecule has 0 unspecified atom stereocenters. The van der Waals surface area contributed by atoms with E-state index in [1.807, 2.05) is 0 Å². The van der Waals surface area contributed by atoms with E-state index in [4.69, 9.17) is 5.73 Å². The molecule has 0 amide bonds. The van der Waals surface area contributed by atoms with Crippen molar-refractivity contribution in [2.45, 2.75) is 4.90 Å². The number of non-ortho nitro benzene ring substituents is 1. The topological polar surface area (TPSA) is 168 Å². The molecule has 0 atom stereocenters. The molecule has 0 saturated carbocycles. The Balaban J connectivity index is 2.33. The number of nitrogens with zero attached hydrogens (tertiary/aromatic N) is 3. The first-order chi connectivity index (χ1) is 11.7. The molecular weight excluding hydrogens is 356 g/mol. The number of benzene rings is 2. The van der Waals surface area contributed by atoms with Crippen LogP contribution in [0.5, 0.6) is 0 Å². The fourth-order valence-electron chi connectivity index (χ4n) is 1.78. The number of nitrogens with two attached hydrogens (primary N) is 1. The van der Waals surface area contributed by atoms with Crippen molar-refractivity contribution in [1.29, 1.82) is 0 Å². The molecule has 2 rings (SSSR count). The van der Waals surface area contributed by atoms with Crippen LogP contribution in [0.4, 0.5) is 11.4 Å². The molecule has 0 aromatic heterocycles. The maximum absolute atomic E-state index is 12.1. The Kier molecular flexibility index (Phi) is 4.93. The van der Waals surface area contributed by atoms with E-state index in [-0.39, 0.29) is 11.3 Å². The summed E-state index contributed by atoms with van der Waals surface area (Å²) in [5, 5.41) is 24.8. The quantitative estimate of drug-likeness (QED) is 0.347. The summed E-state index contributed by atoms with van der Waals surface area (Å²) in [7, 11) is -4.61. The second-order valence-corrected chi connectivity index (χ2v) is 6.03. The smallest absolute Gasteiger partial charge is 0.365 e. The van der Waals surface area contributed by atoms with Crippen molar-refractivity contribution < 1.29 is 22.5 Å². The highest BCUT2D eigenvalue weighted by molar-refractivity contribution is 7.86. The van der Waals surface area contributed by atoms with Crippen LogP contribution >= 0.6 is 0 Å². The molecule has 0 aliphatic carbocycles. The van der Waals surface area contributed by atoms with Gasteiger partial charge in [-0.15, -0.1) is 0 Å². The van der Waals surface area contributed by atoms with Gasteiger partial charge in [0.15, 0.2) is 10.7 Å². The minimum absolute atomic E-state index is 0.0481. The summed E-state index contributed by atoms with van der Waals surface area (Å²) in [6.07, 6.45) is 0. The maximum atomic E-state index is 12.1. The second kappa shape index (κ2) is 6.92. The summed E-state index contributed by atoms with van der Waals surface area (Å²) in [6.45, 7) is 0. The average Bonchev–Trinajstić information content (AvgIpc) is 2.59. The Morgan fingerprint density at radius 3 is 2.36 bits per heavy atom. The van der Waals surface area contributed by atoms with E-state index in [1.54, 1.807) is 0 Å². The van der Waals surface area contributed by atoms with Crippen molar-refractivity contribution in [2.24, 2.45) is 10.9 Å². The van der Waals surface area contributed by atoms with Gasteiger partial charge in [0, 0.05) is 23.8 Å². The molecule has 12 heteroatoms. The largest absolute Gasteiger partial charge is 0.380 e. The van der Waals surface area contributed by atoms with Crippen LogP contribution in [-0.4, -0.2) is 24.1 Å². The minimum Gasteiger partial charge on any atom is -0.380 e. The van der Waals surface area contributed by atoms with Gasteiger partial charge in [-0.2, -0.15) is 8.42 Å². The number of para-hydroxylation sites is 1. The molecule has 130 valence electrons. The molecule has 0 aliphatic heterocycles. The zero-order chi connectivity index (χ0) is 18.6. The molecule has 11 nitrogen and oxygen atoms in total. The summed E-state index contributed by atoms with van der Waals surface area (Å²) in [4.78, 5) is 19.4. The summed E-state index contributed by atoms with van der Waals surface area (Å²) in [5.41, 5.74) is 4.63. The van der Waals surface area contributed by atoms with Crippen LogP contribution in [0.15, 0.2) is 58.6 Å². The Hall–Kier alpha value is -3.54. The Labute approximate surface area is 140 Å². The molecule has 0 radical (unpaired) electrons. The molecule has 2 aromatic carbocycles. The average molecular weight is 366 g/mol. The molecule has 2 N–H and O–H groups in total. The molecule has 0 saturated heterocycles. The van der Waals surface area contributed by atoms with E-state index < -0.39 is 36.4 Å². The fourth-order valence-corrected chi connectivity index (χ4v) is 2.68. The van der Waals surface area contributed by atoms with Gasteiger partial charge in [0.1, 0.15) is 0 Å². The normalized spacial score (nSPS) is 11.8. The number of rotatable bonds is 6. The van der Waals surface area contributed by atoms with E-state index in [0.717, 1.165) is 18.2 Å². The second-order valence-electron chi connectivity index (χ2n) is 4.54. The summed E-state index contributed by atoms with van der Waals surface area (Å²) in [6, 6.07) is 9.49. The Morgan fingerprint density at radius 2 is 1.72 bits per heavy atom. The highest BCUT2D eigenvalue weighted by atomic mass is 32.2. The number of nitro groups is 2. The third-order valence-corrected chi connectivity index (χ3v) is 4.07. The van der Waals surface area contributed by atoms with Gasteiger partial charge in [-0.05, 0) is 11.2 Å². The number of hydrogen-bond acceptors (Lipinski definition) is 8. The maximum Gasteiger partial charge on any atom is 0.365 e. The van der Waals surface area contributed by atoms with Crippen molar-refractivity contribution in [3.8, 4) is 0 Å². The molecule has 25 heavy (non-hydrogen) atoms. The van der Waals surface area contributed by atoms with E-state index >= 15 is 0 Å². The van der Waals surface area contributed by atoms with E-state index in [9.17, 15) is 28.6 Å². The van der Waals surface area contributed by atoms with E-state index in [2.05, 4.69) is 9.44 Å². The molecule has 0 bridgehead atoms. The highest BCUT2D eigenvalue weighted by Crippen LogP contribution is 2.24. The third kappa shape index (κ3) is 4.06. The minimum atomic E-state index is -4.61. The molecule has 0 fully saturated rings. The first-order valence-electron chi connectivity index (χ1n) is 6.48. The van der Waals surface area contributed by atoms with Crippen molar-refractivity contribution in [3.05, 3.63) is 74.3 Å². The van der Waals surface area contributed by atoms with Crippen LogP contribution in [0.25, 0.3) is 0 Å². The van der Waals surface area contributed by atoms with Gasteiger partial charge in [-0.3, -0.25) is 24.5 Å². The first-order valence-corrected chi connectivity index (χ1v) is 7.88. The van der Waals surface area contributed by atoms with Gasteiger partial charge in [-0.1, -0.05) is 24.3 Å². The predicted molar refractivity (Wildman–Crippen MR) is 85.2 cm³/mol. The van der Waals surface area contributed by atoms with Crippen LogP contribution in [-0.2, 0) is 14.4 Å². The first kappa shape index (κ1) is 17.8. The van der Waals surface area contributed by atoms with Gasteiger partial charge in [0.2, 0.25) is 0 Å². The van der Waals surface area contributed by atoms with Gasteiger partial charge >= 0.3 is 10.1 Å². The summed E-state index contributed by atoms with van der Waals surface area (Å²) >= 11 is 0. The lowest BCUT2D eigenvalue weighted by Gasteiger charge is -2.04. The van der Waals surface area contributed by atoms with E-state index in [0.29, 0.717) is 0 Å². The monoisotopic (exact) mass is 366 g/mol. The number of nitro benzene ring substituents is 2. The molecular formula is C13H10N4O7S. The lowest BCUT2D eigenvalue weighted by Crippen LogP contribution is -2.16. The standard InChI is InChI=1S/C13H10N4O7S/c14-13(9-4-3-5-10(8-9)16(18)19)15-24-25(22,23)12-7-2-1-6-11(12)17(20)21/h1-8H,(H2,14,15). The van der Waals surface area contributed by atoms with Gasteiger partial charge < -0.3 is 5.73 Å². The third-order valence-electron chi connectivity index (χ3n) is 2.92.